The summed E-state index contributed by atoms with van der Waals surface area (Å²) in [5.74, 6) is -1.10. The summed E-state index contributed by atoms with van der Waals surface area (Å²) in [7, 11) is 0. The van der Waals surface area contributed by atoms with Gasteiger partial charge >= 0.3 is 0 Å². The summed E-state index contributed by atoms with van der Waals surface area (Å²) < 4.78 is 13.1. The van der Waals surface area contributed by atoms with Crippen LogP contribution in [0.5, 0.6) is 0 Å². The van der Waals surface area contributed by atoms with Crippen LogP contribution in [0, 0.1) is 17.7 Å². The molecule has 0 bridgehead atoms. The normalized spacial score (nSPS) is 24.0. The highest BCUT2D eigenvalue weighted by Gasteiger charge is 2.49. The monoisotopic (exact) mass is 338 g/mol. The van der Waals surface area contributed by atoms with Crippen molar-refractivity contribution in [2.24, 2.45) is 11.8 Å². The predicted octanol–water partition coefficient (Wildman–Crippen LogP) is 3.46. The number of nitrogens with zero attached hydrogens (tertiary/aromatic N) is 1. The van der Waals surface area contributed by atoms with Crippen molar-refractivity contribution in [2.75, 3.05) is 18.4 Å². The van der Waals surface area contributed by atoms with Crippen LogP contribution in [0.15, 0.2) is 18.2 Å². The maximum Gasteiger partial charge on any atom is 0.228 e. The molecule has 1 N–H and O–H groups in total. The highest BCUT2D eigenvalue weighted by atomic mass is 35.5. The molecule has 23 heavy (non-hydrogen) atoms. The Morgan fingerprint density at radius 3 is 2.48 bits per heavy atom. The van der Waals surface area contributed by atoms with Gasteiger partial charge in [-0.1, -0.05) is 24.4 Å². The number of anilines is 1. The fraction of sp³-hybridized carbons (Fsp3) is 0.529. The summed E-state index contributed by atoms with van der Waals surface area (Å²) in [5.41, 5.74) is 0.453. The molecule has 124 valence electrons. The van der Waals surface area contributed by atoms with Crippen LogP contribution in [0.3, 0.4) is 0 Å². The Morgan fingerprint density at radius 1 is 1.13 bits per heavy atom. The fourth-order valence-corrected chi connectivity index (χ4v) is 3.27. The molecule has 1 heterocycles. The molecular formula is C17H20ClFN2O2. The molecule has 3 rings (SSSR count). The number of nitrogens with one attached hydrogen (secondary N) is 1. The van der Waals surface area contributed by atoms with Crippen LogP contribution in [0.1, 0.15) is 32.1 Å². The van der Waals surface area contributed by atoms with E-state index in [9.17, 15) is 14.0 Å². The van der Waals surface area contributed by atoms with E-state index in [4.69, 9.17) is 11.6 Å². The van der Waals surface area contributed by atoms with Crippen LogP contribution < -0.4 is 5.32 Å². The standard InChI is InChI=1S/C17H20ClFN2O2/c18-14-9-11(5-6-15(14)19)20-16(22)12-10-13(12)17(23)21-7-3-1-2-4-8-21/h5-6,9,12-13H,1-4,7-8,10H2,(H,20,22). The number of benzene rings is 1. The van der Waals surface area contributed by atoms with Crippen molar-refractivity contribution < 1.29 is 14.0 Å². The zero-order valence-electron chi connectivity index (χ0n) is 12.9. The number of carbonyl (C=O) groups excluding carboxylic acids is 2. The summed E-state index contributed by atoms with van der Waals surface area (Å²) in [6.07, 6.45) is 5.02. The van der Waals surface area contributed by atoms with Gasteiger partial charge in [-0.05, 0) is 37.5 Å². The summed E-state index contributed by atoms with van der Waals surface area (Å²) >= 11 is 5.70. The molecule has 1 aromatic rings. The SMILES string of the molecule is O=C(Nc1ccc(F)c(Cl)c1)C1CC1C(=O)N1CCCCCC1. The molecular weight excluding hydrogens is 319 g/mol. The number of halogens is 2. The minimum absolute atomic E-state index is 0.0317. The van der Waals surface area contributed by atoms with E-state index < -0.39 is 5.82 Å². The van der Waals surface area contributed by atoms with Crippen molar-refractivity contribution in [1.82, 2.24) is 4.90 Å². The molecule has 1 aliphatic heterocycles. The average Bonchev–Trinajstić information content (AvgIpc) is 3.33. The van der Waals surface area contributed by atoms with Gasteiger partial charge in [-0.2, -0.15) is 0 Å². The molecule has 1 saturated heterocycles. The Balaban J connectivity index is 1.55. The number of amides is 2. The molecule has 1 aromatic carbocycles. The molecule has 6 heteroatoms. The molecule has 2 fully saturated rings. The van der Waals surface area contributed by atoms with Gasteiger partial charge in [0, 0.05) is 18.8 Å². The second-order valence-corrected chi connectivity index (χ2v) is 6.71. The van der Waals surface area contributed by atoms with Crippen LogP contribution in [0.25, 0.3) is 0 Å². The highest BCUT2D eigenvalue weighted by molar-refractivity contribution is 6.31. The molecule has 1 aliphatic carbocycles. The third kappa shape index (κ3) is 3.83. The summed E-state index contributed by atoms with van der Waals surface area (Å²) in [6.45, 7) is 1.61. The topological polar surface area (TPSA) is 49.4 Å². The predicted molar refractivity (Wildman–Crippen MR) is 86.7 cm³/mol. The van der Waals surface area contributed by atoms with Gasteiger partial charge in [0.25, 0.3) is 0 Å². The summed E-state index contributed by atoms with van der Waals surface area (Å²) in [6, 6.07) is 4.06. The lowest BCUT2D eigenvalue weighted by atomic mass is 10.2. The molecule has 2 unspecified atom stereocenters. The molecule has 0 aromatic heterocycles. The molecule has 0 spiro atoms. The van der Waals surface area contributed by atoms with E-state index >= 15 is 0 Å². The van der Waals surface area contributed by atoms with Gasteiger partial charge in [0.15, 0.2) is 0 Å². The molecule has 2 aliphatic rings. The zero-order chi connectivity index (χ0) is 16.4. The van der Waals surface area contributed by atoms with Crippen LogP contribution in [-0.4, -0.2) is 29.8 Å². The first-order valence-corrected chi connectivity index (χ1v) is 8.49. The lowest BCUT2D eigenvalue weighted by Crippen LogP contribution is -2.34. The van der Waals surface area contributed by atoms with Crippen molar-refractivity contribution in [3.63, 3.8) is 0 Å². The largest absolute Gasteiger partial charge is 0.342 e. The molecule has 1 saturated carbocycles. The van der Waals surface area contributed by atoms with Crippen molar-refractivity contribution in [3.8, 4) is 0 Å². The second-order valence-electron chi connectivity index (χ2n) is 6.31. The van der Waals surface area contributed by atoms with Gasteiger partial charge in [-0.15, -0.1) is 0 Å². The Bertz CT molecular complexity index is 615. The lowest BCUT2D eigenvalue weighted by molar-refractivity contribution is -0.134. The van der Waals surface area contributed by atoms with Gasteiger partial charge in [-0.25, -0.2) is 4.39 Å². The first-order valence-electron chi connectivity index (χ1n) is 8.11. The quantitative estimate of drug-likeness (QED) is 0.917. The zero-order valence-corrected chi connectivity index (χ0v) is 13.6. The molecule has 2 atom stereocenters. The number of rotatable bonds is 3. The third-order valence-corrected chi connectivity index (χ3v) is 4.84. The maximum absolute atomic E-state index is 13.1. The Morgan fingerprint density at radius 2 is 1.83 bits per heavy atom. The first kappa shape index (κ1) is 16.2. The Labute approximate surface area is 140 Å². The van der Waals surface area contributed by atoms with Crippen molar-refractivity contribution >= 4 is 29.1 Å². The van der Waals surface area contributed by atoms with Gasteiger partial charge in [-0.3, -0.25) is 9.59 Å². The van der Waals surface area contributed by atoms with E-state index in [2.05, 4.69) is 5.32 Å². The van der Waals surface area contributed by atoms with Crippen LogP contribution in [0.4, 0.5) is 10.1 Å². The summed E-state index contributed by atoms with van der Waals surface area (Å²) in [4.78, 5) is 26.6. The van der Waals surface area contributed by atoms with Gasteiger partial charge in [0.05, 0.1) is 16.9 Å². The molecule has 0 radical (unpaired) electrons. The molecule has 2 amide bonds. The van der Waals surface area contributed by atoms with Crippen molar-refractivity contribution in [2.45, 2.75) is 32.1 Å². The van der Waals surface area contributed by atoms with Crippen LogP contribution in [0.2, 0.25) is 5.02 Å². The number of likely N-dealkylation sites (tertiary alicyclic amines) is 1. The fourth-order valence-electron chi connectivity index (χ4n) is 3.09. The Hall–Kier alpha value is -1.62. The van der Waals surface area contributed by atoms with Crippen molar-refractivity contribution in [3.05, 3.63) is 29.0 Å². The first-order chi connectivity index (χ1) is 11.1. The van der Waals surface area contributed by atoms with E-state index in [-0.39, 0.29) is 28.7 Å². The Kier molecular flexibility index (Phi) is 4.85. The van der Waals surface area contributed by atoms with Crippen LogP contribution in [-0.2, 0) is 9.59 Å². The van der Waals surface area contributed by atoms with Gasteiger partial charge in [0.2, 0.25) is 11.8 Å². The smallest absolute Gasteiger partial charge is 0.228 e. The van der Waals surface area contributed by atoms with E-state index in [0.717, 1.165) is 25.9 Å². The number of hydrogen-bond acceptors (Lipinski definition) is 2. The second kappa shape index (κ2) is 6.87. The highest BCUT2D eigenvalue weighted by Crippen LogP contribution is 2.41. The average molecular weight is 339 g/mol. The van der Waals surface area contributed by atoms with Gasteiger partial charge in [0.1, 0.15) is 5.82 Å². The van der Waals surface area contributed by atoms with E-state index in [1.165, 1.54) is 31.0 Å². The van der Waals surface area contributed by atoms with Gasteiger partial charge < -0.3 is 10.2 Å². The maximum atomic E-state index is 13.1. The third-order valence-electron chi connectivity index (χ3n) is 4.55. The summed E-state index contributed by atoms with van der Waals surface area (Å²) in [5, 5.41) is 2.68. The number of hydrogen-bond donors (Lipinski definition) is 1. The minimum Gasteiger partial charge on any atom is -0.342 e. The van der Waals surface area contributed by atoms with E-state index in [1.807, 2.05) is 4.90 Å². The molecule has 4 nitrogen and oxygen atoms in total. The lowest BCUT2D eigenvalue weighted by Gasteiger charge is -2.20. The van der Waals surface area contributed by atoms with E-state index in [1.54, 1.807) is 0 Å². The minimum atomic E-state index is -0.523. The number of carbonyl (C=O) groups is 2. The van der Waals surface area contributed by atoms with Crippen molar-refractivity contribution in [1.29, 1.82) is 0 Å². The van der Waals surface area contributed by atoms with Crippen LogP contribution >= 0.6 is 11.6 Å². The van der Waals surface area contributed by atoms with E-state index in [0.29, 0.717) is 12.1 Å².